The number of benzene rings is 1. The maximum Gasteiger partial charge on any atom is 0.128 e. The number of rotatable bonds is 4. The number of para-hydroxylation sites is 1. The van der Waals surface area contributed by atoms with Gasteiger partial charge in [-0.1, -0.05) is 38.5 Å². The molecule has 128 valence electrons. The number of aryl methyl sites for hydroxylation is 2. The van der Waals surface area contributed by atoms with Gasteiger partial charge in [0.15, 0.2) is 0 Å². The van der Waals surface area contributed by atoms with Crippen LogP contribution in [0.1, 0.15) is 43.0 Å². The van der Waals surface area contributed by atoms with Crippen LogP contribution in [-0.2, 0) is 25.8 Å². The van der Waals surface area contributed by atoms with Crippen LogP contribution in [0.4, 0.5) is 5.69 Å². The monoisotopic (exact) mass is 332 g/mol. The second-order valence-electron chi connectivity index (χ2n) is 6.68. The van der Waals surface area contributed by atoms with Gasteiger partial charge < -0.3 is 4.90 Å². The maximum absolute atomic E-state index is 4.84. The Kier molecular flexibility index (Phi) is 4.35. The van der Waals surface area contributed by atoms with E-state index in [0.717, 1.165) is 50.1 Å². The predicted octanol–water partition coefficient (Wildman–Crippen LogP) is 4.10. The molecular weight excluding hydrogens is 308 g/mol. The first-order valence-corrected chi connectivity index (χ1v) is 9.25. The molecule has 1 aliphatic rings. The van der Waals surface area contributed by atoms with E-state index in [4.69, 9.17) is 9.97 Å². The van der Waals surface area contributed by atoms with E-state index >= 15 is 0 Å². The van der Waals surface area contributed by atoms with Crippen LogP contribution in [0, 0.1) is 0 Å². The Hall–Kier alpha value is -2.49. The van der Waals surface area contributed by atoms with Gasteiger partial charge in [-0.25, -0.2) is 9.97 Å². The average Bonchev–Trinajstić information content (AvgIpc) is 2.66. The number of fused-ring (bicyclic) bond motifs is 2. The molecule has 0 saturated heterocycles. The first-order valence-electron chi connectivity index (χ1n) is 9.25. The molecule has 1 aliphatic heterocycles. The van der Waals surface area contributed by atoms with Crippen LogP contribution in [0.2, 0.25) is 0 Å². The van der Waals surface area contributed by atoms with E-state index in [1.165, 1.54) is 28.0 Å². The molecule has 0 bridgehead atoms. The van der Waals surface area contributed by atoms with Gasteiger partial charge in [-0.2, -0.15) is 0 Å². The predicted molar refractivity (Wildman–Crippen MR) is 102 cm³/mol. The van der Waals surface area contributed by atoms with Crippen molar-refractivity contribution in [1.82, 2.24) is 15.0 Å². The van der Waals surface area contributed by atoms with Gasteiger partial charge in [0.25, 0.3) is 0 Å². The van der Waals surface area contributed by atoms with Crippen molar-refractivity contribution in [2.24, 2.45) is 0 Å². The lowest BCUT2D eigenvalue weighted by atomic mass is 10.0. The second-order valence-corrected chi connectivity index (χ2v) is 6.68. The van der Waals surface area contributed by atoms with E-state index in [9.17, 15) is 0 Å². The summed E-state index contributed by atoms with van der Waals surface area (Å²) in [5.41, 5.74) is 6.03. The van der Waals surface area contributed by atoms with Crippen molar-refractivity contribution in [2.75, 3.05) is 11.4 Å². The quantitative estimate of drug-likeness (QED) is 0.721. The van der Waals surface area contributed by atoms with E-state index in [-0.39, 0.29) is 0 Å². The van der Waals surface area contributed by atoms with Gasteiger partial charge in [0.2, 0.25) is 0 Å². The highest BCUT2D eigenvalue weighted by Crippen LogP contribution is 2.30. The Morgan fingerprint density at radius 3 is 2.84 bits per heavy atom. The molecule has 4 heteroatoms. The largest absolute Gasteiger partial charge is 0.365 e. The summed E-state index contributed by atoms with van der Waals surface area (Å²) in [7, 11) is 0. The lowest BCUT2D eigenvalue weighted by molar-refractivity contribution is 0.693. The molecule has 25 heavy (non-hydrogen) atoms. The molecule has 4 rings (SSSR count). The molecule has 0 unspecified atom stereocenters. The summed E-state index contributed by atoms with van der Waals surface area (Å²) in [6.07, 6.45) is 6.03. The summed E-state index contributed by atoms with van der Waals surface area (Å²) in [4.78, 5) is 16.5. The Labute approximate surface area is 149 Å². The lowest BCUT2D eigenvalue weighted by Gasteiger charge is -2.31. The van der Waals surface area contributed by atoms with Crippen molar-refractivity contribution in [3.05, 3.63) is 59.3 Å². The summed E-state index contributed by atoms with van der Waals surface area (Å²) in [6.45, 7) is 6.17. The number of pyridine rings is 1. The van der Waals surface area contributed by atoms with Crippen LogP contribution in [0.3, 0.4) is 0 Å². The minimum Gasteiger partial charge on any atom is -0.365 e. The van der Waals surface area contributed by atoms with Crippen LogP contribution in [-0.4, -0.2) is 21.5 Å². The van der Waals surface area contributed by atoms with Crippen molar-refractivity contribution >= 4 is 16.6 Å². The van der Waals surface area contributed by atoms with E-state index in [1.807, 2.05) is 6.20 Å². The molecular formula is C21H24N4. The zero-order valence-corrected chi connectivity index (χ0v) is 15.0. The van der Waals surface area contributed by atoms with E-state index in [2.05, 4.69) is 54.1 Å². The van der Waals surface area contributed by atoms with Gasteiger partial charge in [0.1, 0.15) is 5.82 Å². The summed E-state index contributed by atoms with van der Waals surface area (Å²) >= 11 is 0. The third-order valence-corrected chi connectivity index (χ3v) is 4.91. The summed E-state index contributed by atoms with van der Waals surface area (Å²) in [5, 5.41) is 1.23. The maximum atomic E-state index is 4.84. The zero-order chi connectivity index (χ0) is 17.2. The fraction of sp³-hybridized carbons (Fsp3) is 0.381. The highest BCUT2D eigenvalue weighted by molar-refractivity contribution is 5.92. The minimum absolute atomic E-state index is 0.852. The first kappa shape index (κ1) is 16.0. The smallest absolute Gasteiger partial charge is 0.128 e. The highest BCUT2D eigenvalue weighted by Gasteiger charge is 2.21. The molecule has 4 nitrogen and oxygen atoms in total. The van der Waals surface area contributed by atoms with Crippen molar-refractivity contribution in [2.45, 2.75) is 46.1 Å². The Morgan fingerprint density at radius 1 is 1.12 bits per heavy atom. The first-order chi connectivity index (χ1) is 12.3. The molecule has 0 fully saturated rings. The number of aromatic nitrogens is 3. The van der Waals surface area contributed by atoms with Crippen LogP contribution < -0.4 is 4.90 Å². The summed E-state index contributed by atoms with van der Waals surface area (Å²) in [5.74, 6) is 0.937. The van der Waals surface area contributed by atoms with Gasteiger partial charge in [0, 0.05) is 35.9 Å². The normalized spacial score (nSPS) is 13.9. The van der Waals surface area contributed by atoms with Crippen molar-refractivity contribution in [3.8, 4) is 0 Å². The SMILES string of the molecule is CCCc1cc(N2CCc3cnc(CC)nc3C2)c2ccccc2n1. The fourth-order valence-corrected chi connectivity index (χ4v) is 3.58. The lowest BCUT2D eigenvalue weighted by Crippen LogP contribution is -2.32. The van der Waals surface area contributed by atoms with E-state index in [0.29, 0.717) is 0 Å². The molecule has 0 radical (unpaired) electrons. The second kappa shape index (κ2) is 6.79. The number of hydrogen-bond donors (Lipinski definition) is 0. The van der Waals surface area contributed by atoms with Crippen LogP contribution in [0.5, 0.6) is 0 Å². The molecule has 1 aromatic carbocycles. The van der Waals surface area contributed by atoms with E-state index in [1.54, 1.807) is 0 Å². The fourth-order valence-electron chi connectivity index (χ4n) is 3.58. The van der Waals surface area contributed by atoms with Crippen molar-refractivity contribution in [3.63, 3.8) is 0 Å². The number of hydrogen-bond acceptors (Lipinski definition) is 4. The third kappa shape index (κ3) is 3.09. The molecule has 0 N–H and O–H groups in total. The van der Waals surface area contributed by atoms with Crippen LogP contribution >= 0.6 is 0 Å². The van der Waals surface area contributed by atoms with Crippen LogP contribution in [0.15, 0.2) is 36.5 Å². The molecule has 0 spiro atoms. The molecule has 0 saturated carbocycles. The third-order valence-electron chi connectivity index (χ3n) is 4.91. The molecule has 3 aromatic rings. The number of anilines is 1. The summed E-state index contributed by atoms with van der Waals surface area (Å²) in [6, 6.07) is 10.7. The average molecular weight is 332 g/mol. The highest BCUT2D eigenvalue weighted by atomic mass is 15.2. The van der Waals surface area contributed by atoms with Gasteiger partial charge in [-0.05, 0) is 30.5 Å². The topological polar surface area (TPSA) is 41.9 Å². The molecule has 0 aliphatic carbocycles. The van der Waals surface area contributed by atoms with Crippen LogP contribution in [0.25, 0.3) is 10.9 Å². The molecule has 3 heterocycles. The standard InChI is InChI=1S/C21H24N4/c1-3-7-16-12-20(17-8-5-6-9-18(17)23-16)25-11-10-15-13-22-21(4-2)24-19(15)14-25/h5-6,8-9,12-13H,3-4,7,10-11,14H2,1-2H3. The minimum atomic E-state index is 0.852. The summed E-state index contributed by atoms with van der Waals surface area (Å²) < 4.78 is 0. The van der Waals surface area contributed by atoms with E-state index < -0.39 is 0 Å². The van der Waals surface area contributed by atoms with Crippen molar-refractivity contribution < 1.29 is 0 Å². The molecule has 0 atom stereocenters. The van der Waals surface area contributed by atoms with Gasteiger partial charge in [0.05, 0.1) is 17.8 Å². The number of nitrogens with zero attached hydrogens (tertiary/aromatic N) is 4. The Bertz CT molecular complexity index is 904. The van der Waals surface area contributed by atoms with Gasteiger partial charge >= 0.3 is 0 Å². The molecule has 2 aromatic heterocycles. The zero-order valence-electron chi connectivity index (χ0n) is 15.0. The Morgan fingerprint density at radius 2 is 2.00 bits per heavy atom. The molecule has 0 amide bonds. The van der Waals surface area contributed by atoms with Gasteiger partial charge in [-0.15, -0.1) is 0 Å². The van der Waals surface area contributed by atoms with Crippen molar-refractivity contribution in [1.29, 1.82) is 0 Å². The van der Waals surface area contributed by atoms with Gasteiger partial charge in [-0.3, -0.25) is 4.98 Å². The Balaban J connectivity index is 1.76.